The van der Waals surface area contributed by atoms with Crippen molar-refractivity contribution in [1.82, 2.24) is 34.4 Å². The first-order valence-electron chi connectivity index (χ1n) is 9.47. The number of nitrogens with zero attached hydrogens (tertiary/aromatic N) is 6. The van der Waals surface area contributed by atoms with Gasteiger partial charge in [-0.2, -0.15) is 0 Å². The van der Waals surface area contributed by atoms with Gasteiger partial charge in [-0.3, -0.25) is 4.40 Å². The second kappa shape index (κ2) is 5.96. The van der Waals surface area contributed by atoms with E-state index in [0.717, 1.165) is 61.5 Å². The molecule has 2 unspecified atom stereocenters. The Hall–Kier alpha value is -2.64. The minimum atomic E-state index is 0.186. The lowest BCUT2D eigenvalue weighted by Gasteiger charge is -2.24. The van der Waals surface area contributed by atoms with Crippen LogP contribution in [0.1, 0.15) is 37.9 Å². The summed E-state index contributed by atoms with van der Waals surface area (Å²) in [6.45, 7) is 5.48. The van der Waals surface area contributed by atoms with E-state index in [4.69, 9.17) is 0 Å². The fraction of sp³-hybridized carbons (Fsp3) is 0.556. The Morgan fingerprint density at radius 2 is 2.08 bits per heavy atom. The summed E-state index contributed by atoms with van der Waals surface area (Å²) in [7, 11) is 0. The monoisotopic (exact) mass is 353 g/mol. The molecular weight excluding hydrogens is 330 g/mol. The lowest BCUT2D eigenvalue weighted by atomic mass is 9.93. The van der Waals surface area contributed by atoms with E-state index in [2.05, 4.69) is 31.5 Å². The number of likely N-dealkylation sites (tertiary alicyclic amines) is 2. The van der Waals surface area contributed by atoms with Gasteiger partial charge < -0.3 is 14.8 Å². The van der Waals surface area contributed by atoms with E-state index < -0.39 is 0 Å². The number of aromatic nitrogens is 5. The Kier molecular flexibility index (Phi) is 3.58. The molecule has 0 aliphatic carbocycles. The third-order valence-electron chi connectivity index (χ3n) is 5.91. The maximum atomic E-state index is 12.9. The highest BCUT2D eigenvalue weighted by Crippen LogP contribution is 2.35. The van der Waals surface area contributed by atoms with Crippen LogP contribution >= 0.6 is 0 Å². The van der Waals surface area contributed by atoms with Crippen molar-refractivity contribution in [2.75, 3.05) is 26.2 Å². The standard InChI is InChI=1S/C18H23N7O/c1-2-12-10-24(18(26)23-7-3-4-8-23)11-13(12)17-22-21-15-9-20-16-14(25(15)17)5-6-19-16/h5-6,9,12-13,19H,2-4,7-8,10-11H2,1H3. The summed E-state index contributed by atoms with van der Waals surface area (Å²) < 4.78 is 2.09. The Morgan fingerprint density at radius 3 is 2.88 bits per heavy atom. The van der Waals surface area contributed by atoms with E-state index in [0.29, 0.717) is 12.5 Å². The van der Waals surface area contributed by atoms with Crippen LogP contribution in [-0.4, -0.2) is 66.6 Å². The van der Waals surface area contributed by atoms with Gasteiger partial charge in [0.1, 0.15) is 5.82 Å². The molecule has 8 heteroatoms. The Morgan fingerprint density at radius 1 is 1.23 bits per heavy atom. The van der Waals surface area contributed by atoms with Crippen LogP contribution in [-0.2, 0) is 0 Å². The second-order valence-corrected chi connectivity index (χ2v) is 7.38. The number of carbonyl (C=O) groups excluding carboxylic acids is 1. The zero-order valence-electron chi connectivity index (χ0n) is 14.9. The van der Waals surface area contributed by atoms with E-state index >= 15 is 0 Å². The summed E-state index contributed by atoms with van der Waals surface area (Å²) in [5, 5.41) is 8.84. The predicted molar refractivity (Wildman–Crippen MR) is 96.9 cm³/mol. The third-order valence-corrected chi connectivity index (χ3v) is 5.91. The number of aromatic amines is 1. The van der Waals surface area contributed by atoms with Crippen LogP contribution in [0, 0.1) is 5.92 Å². The minimum absolute atomic E-state index is 0.186. The van der Waals surface area contributed by atoms with Gasteiger partial charge >= 0.3 is 6.03 Å². The SMILES string of the molecule is CCC1CN(C(=O)N2CCCC2)CC1c1nnc2cnc3[nH]ccc3n12. The van der Waals surface area contributed by atoms with Gasteiger partial charge in [0.2, 0.25) is 0 Å². The van der Waals surface area contributed by atoms with Crippen molar-refractivity contribution < 1.29 is 4.79 Å². The fourth-order valence-electron chi connectivity index (χ4n) is 4.48. The predicted octanol–water partition coefficient (Wildman–Crippen LogP) is 2.25. The molecule has 5 heterocycles. The lowest BCUT2D eigenvalue weighted by molar-refractivity contribution is 0.171. The number of rotatable bonds is 2. The van der Waals surface area contributed by atoms with E-state index in [-0.39, 0.29) is 11.9 Å². The minimum Gasteiger partial charge on any atom is -0.345 e. The largest absolute Gasteiger partial charge is 0.345 e. The number of nitrogens with one attached hydrogen (secondary N) is 1. The summed E-state index contributed by atoms with van der Waals surface area (Å²) in [5.74, 6) is 1.54. The third kappa shape index (κ3) is 2.28. The van der Waals surface area contributed by atoms with Gasteiger partial charge in [-0.15, -0.1) is 10.2 Å². The summed E-state index contributed by atoms with van der Waals surface area (Å²) in [6, 6.07) is 2.19. The molecule has 136 valence electrons. The molecule has 0 saturated carbocycles. The van der Waals surface area contributed by atoms with Crippen LogP contribution in [0.3, 0.4) is 0 Å². The van der Waals surface area contributed by atoms with Crippen LogP contribution in [0.15, 0.2) is 18.5 Å². The van der Waals surface area contributed by atoms with Crippen molar-refractivity contribution in [3.05, 3.63) is 24.3 Å². The number of H-pyrrole nitrogens is 1. The number of hydrogen-bond donors (Lipinski definition) is 1. The highest BCUT2D eigenvalue weighted by molar-refractivity contribution is 5.76. The van der Waals surface area contributed by atoms with Gasteiger partial charge in [-0.25, -0.2) is 9.78 Å². The van der Waals surface area contributed by atoms with Gasteiger partial charge in [0.25, 0.3) is 0 Å². The molecule has 2 saturated heterocycles. The summed E-state index contributed by atoms with van der Waals surface area (Å²) in [5.41, 5.74) is 2.57. The molecule has 2 amide bonds. The molecule has 0 radical (unpaired) electrons. The molecule has 8 nitrogen and oxygen atoms in total. The van der Waals surface area contributed by atoms with E-state index in [1.807, 2.05) is 22.1 Å². The number of fused-ring (bicyclic) bond motifs is 3. The van der Waals surface area contributed by atoms with Gasteiger partial charge in [0, 0.05) is 38.3 Å². The number of carbonyl (C=O) groups is 1. The summed E-state index contributed by atoms with van der Waals surface area (Å²) >= 11 is 0. The van der Waals surface area contributed by atoms with Crippen molar-refractivity contribution in [3.63, 3.8) is 0 Å². The Labute approximate surface area is 151 Å². The van der Waals surface area contributed by atoms with Gasteiger partial charge in [-0.1, -0.05) is 13.3 Å². The lowest BCUT2D eigenvalue weighted by Crippen LogP contribution is -2.40. The molecule has 2 fully saturated rings. The first kappa shape index (κ1) is 15.6. The second-order valence-electron chi connectivity index (χ2n) is 7.38. The van der Waals surface area contributed by atoms with Gasteiger partial charge in [-0.05, 0) is 24.8 Å². The number of amides is 2. The molecule has 3 aromatic heterocycles. The molecule has 0 aromatic carbocycles. The molecule has 0 spiro atoms. The molecule has 1 N–H and O–H groups in total. The average molecular weight is 353 g/mol. The molecule has 2 aliphatic heterocycles. The van der Waals surface area contributed by atoms with Crippen LogP contribution in [0.2, 0.25) is 0 Å². The van der Waals surface area contributed by atoms with Crippen LogP contribution in [0.4, 0.5) is 4.79 Å². The van der Waals surface area contributed by atoms with Crippen molar-refractivity contribution in [2.24, 2.45) is 5.92 Å². The molecule has 0 bridgehead atoms. The molecule has 2 atom stereocenters. The quantitative estimate of drug-likeness (QED) is 0.766. The van der Waals surface area contributed by atoms with E-state index in [1.54, 1.807) is 6.20 Å². The highest BCUT2D eigenvalue weighted by atomic mass is 16.2. The molecule has 5 rings (SSSR count). The maximum absolute atomic E-state index is 12.9. The van der Waals surface area contributed by atoms with Crippen molar-refractivity contribution >= 4 is 22.8 Å². The molecular formula is C18H23N7O. The number of urea groups is 1. The zero-order chi connectivity index (χ0) is 17.7. The van der Waals surface area contributed by atoms with Gasteiger partial charge in [0.15, 0.2) is 11.3 Å². The Bertz CT molecular complexity index is 955. The smallest absolute Gasteiger partial charge is 0.320 e. The first-order valence-corrected chi connectivity index (χ1v) is 9.47. The normalized spacial score (nSPS) is 23.6. The average Bonchev–Trinajstić information content (AvgIpc) is 3.45. The first-order chi connectivity index (χ1) is 12.8. The number of hydrogen-bond acceptors (Lipinski definition) is 4. The Balaban J connectivity index is 1.51. The van der Waals surface area contributed by atoms with Crippen LogP contribution in [0.5, 0.6) is 0 Å². The summed E-state index contributed by atoms with van der Waals surface area (Å²) in [6.07, 6.45) is 6.89. The van der Waals surface area contributed by atoms with E-state index in [1.165, 1.54) is 0 Å². The van der Waals surface area contributed by atoms with Crippen molar-refractivity contribution in [1.29, 1.82) is 0 Å². The molecule has 2 aliphatic rings. The van der Waals surface area contributed by atoms with Gasteiger partial charge in [0.05, 0.1) is 11.7 Å². The van der Waals surface area contributed by atoms with E-state index in [9.17, 15) is 4.79 Å². The molecule has 26 heavy (non-hydrogen) atoms. The van der Waals surface area contributed by atoms with Crippen LogP contribution in [0.25, 0.3) is 16.8 Å². The summed E-state index contributed by atoms with van der Waals surface area (Å²) in [4.78, 5) is 24.4. The fourth-order valence-corrected chi connectivity index (χ4v) is 4.48. The van der Waals surface area contributed by atoms with Crippen molar-refractivity contribution in [3.8, 4) is 0 Å². The van der Waals surface area contributed by atoms with Crippen LogP contribution < -0.4 is 0 Å². The maximum Gasteiger partial charge on any atom is 0.320 e. The van der Waals surface area contributed by atoms with Crippen molar-refractivity contribution in [2.45, 2.75) is 32.1 Å². The zero-order valence-corrected chi connectivity index (χ0v) is 14.9. The topological polar surface area (TPSA) is 82.4 Å². The highest BCUT2D eigenvalue weighted by Gasteiger charge is 2.39. The molecule has 3 aromatic rings.